The van der Waals surface area contributed by atoms with E-state index in [0.29, 0.717) is 0 Å². The van der Waals surface area contributed by atoms with Crippen LogP contribution in [0.5, 0.6) is 0 Å². The van der Waals surface area contributed by atoms with Crippen LogP contribution in [0.2, 0.25) is 0 Å². The van der Waals surface area contributed by atoms with Crippen molar-refractivity contribution in [2.24, 2.45) is 7.05 Å². The normalized spacial score (nSPS) is 8.71. The first-order valence-corrected chi connectivity index (χ1v) is 2.21. The van der Waals surface area contributed by atoms with E-state index in [1.165, 1.54) is 0 Å². The lowest BCUT2D eigenvalue weighted by atomic mass is 10.5. The molecule has 1 radical (unpaired) electrons. The summed E-state index contributed by atoms with van der Waals surface area (Å²) in [6, 6.07) is 6.66. The second-order valence-corrected chi connectivity index (χ2v) is 1.46. The number of nitrogens with zero attached hydrogens (tertiary/aromatic N) is 1. The maximum Gasteiger partial charge on any atom is 0.169 e. The van der Waals surface area contributed by atoms with Gasteiger partial charge in [0.25, 0.3) is 0 Å². The summed E-state index contributed by atoms with van der Waals surface area (Å²) in [6.45, 7) is 0. The number of hydrogen-bond donors (Lipinski definition) is 0. The van der Waals surface area contributed by atoms with Crippen molar-refractivity contribution in [3.05, 3.63) is 30.6 Å². The van der Waals surface area contributed by atoms with Gasteiger partial charge in [-0.1, -0.05) is 0 Å². The van der Waals surface area contributed by atoms with E-state index in [2.05, 4.69) is 6.07 Å². The van der Waals surface area contributed by atoms with E-state index < -0.39 is 0 Å². The van der Waals surface area contributed by atoms with E-state index in [4.69, 9.17) is 0 Å². The molecule has 0 unspecified atom stereocenters. The van der Waals surface area contributed by atoms with Gasteiger partial charge in [-0.05, 0) is 6.07 Å². The molecule has 1 aromatic rings. The summed E-state index contributed by atoms with van der Waals surface area (Å²) in [7, 11) is 1.98. The Hall–Kier alpha value is -0.850. The van der Waals surface area contributed by atoms with E-state index in [9.17, 15) is 0 Å². The van der Waals surface area contributed by atoms with Crippen molar-refractivity contribution < 1.29 is 4.57 Å². The molecule has 0 saturated carbocycles. The summed E-state index contributed by atoms with van der Waals surface area (Å²) in [5.74, 6) is 0. The molecule has 0 bridgehead atoms. The van der Waals surface area contributed by atoms with Gasteiger partial charge in [-0.15, -0.1) is 0 Å². The van der Waals surface area contributed by atoms with E-state index >= 15 is 0 Å². The minimum absolute atomic E-state index is 1.88. The Bertz CT molecular complexity index is 134. The van der Waals surface area contributed by atoms with Gasteiger partial charge < -0.3 is 0 Å². The molecule has 0 atom stereocenters. The summed E-state index contributed by atoms with van der Waals surface area (Å²) in [4.78, 5) is 0. The molecule has 1 nitrogen and oxygen atoms in total. The number of hydrogen-bond acceptors (Lipinski definition) is 0. The van der Waals surface area contributed by atoms with E-state index in [1.54, 1.807) is 0 Å². The molecule has 7 heavy (non-hydrogen) atoms. The summed E-state index contributed by atoms with van der Waals surface area (Å²) < 4.78 is 1.97. The van der Waals surface area contributed by atoms with Gasteiger partial charge >= 0.3 is 0 Å². The monoisotopic (exact) mass is 93.1 g/mol. The molecule has 0 aliphatic heterocycles. The smallest absolute Gasteiger partial charge is 0.169 e. The largest absolute Gasteiger partial charge is 0.208 e. The Morgan fingerprint density at radius 1 is 1.29 bits per heavy atom. The lowest BCUT2D eigenvalue weighted by molar-refractivity contribution is -0.671. The highest BCUT2D eigenvalue weighted by Gasteiger charge is 1.79. The Morgan fingerprint density at radius 3 is 2.14 bits per heavy atom. The zero-order chi connectivity index (χ0) is 5.11. The third-order valence-corrected chi connectivity index (χ3v) is 0.812. The maximum absolute atomic E-state index is 2.91. The van der Waals surface area contributed by atoms with Crippen LogP contribution in [0.15, 0.2) is 24.5 Å². The van der Waals surface area contributed by atoms with Gasteiger partial charge in [0.05, 0.1) is 0 Å². The van der Waals surface area contributed by atoms with Gasteiger partial charge in [-0.3, -0.25) is 0 Å². The number of pyridine rings is 1. The Balaban J connectivity index is 3.02. The molecule has 1 heteroatoms. The maximum atomic E-state index is 2.91. The van der Waals surface area contributed by atoms with E-state index in [1.807, 2.05) is 36.1 Å². The fourth-order valence-corrected chi connectivity index (χ4v) is 0.426. The number of aromatic nitrogens is 1. The summed E-state index contributed by atoms with van der Waals surface area (Å²) in [5.41, 5.74) is 0. The summed E-state index contributed by atoms with van der Waals surface area (Å²) in [5, 5.41) is 0. The third-order valence-electron chi connectivity index (χ3n) is 0.812. The molecule has 1 rings (SSSR count). The minimum Gasteiger partial charge on any atom is -0.208 e. The highest BCUT2D eigenvalue weighted by Crippen LogP contribution is 1.70. The summed E-state index contributed by atoms with van der Waals surface area (Å²) in [6.07, 6.45) is 3.89. The van der Waals surface area contributed by atoms with Gasteiger partial charge in [0.1, 0.15) is 7.05 Å². The van der Waals surface area contributed by atoms with Crippen LogP contribution in [0, 0.1) is 6.07 Å². The third kappa shape index (κ3) is 1.000. The van der Waals surface area contributed by atoms with Crippen LogP contribution in [0.1, 0.15) is 0 Å². The standard InChI is InChI=1S/C6H7N/c1-7-5-3-2-4-6-7/h3-6H,1H3/q+1. The molecule has 1 heterocycles. The van der Waals surface area contributed by atoms with Gasteiger partial charge in [-0.2, -0.15) is 0 Å². The molecule has 0 saturated heterocycles. The van der Waals surface area contributed by atoms with E-state index in [-0.39, 0.29) is 0 Å². The lowest BCUT2D eigenvalue weighted by Gasteiger charge is -1.77. The van der Waals surface area contributed by atoms with Crippen LogP contribution < -0.4 is 4.57 Å². The Morgan fingerprint density at radius 2 is 1.86 bits per heavy atom. The zero-order valence-corrected chi connectivity index (χ0v) is 4.26. The molecule has 0 aliphatic carbocycles. The first-order valence-electron chi connectivity index (χ1n) is 2.21. The minimum atomic E-state index is 1.88. The molecule has 0 aromatic carbocycles. The van der Waals surface area contributed by atoms with Crippen molar-refractivity contribution >= 4 is 0 Å². The molecule has 0 fully saturated rings. The topological polar surface area (TPSA) is 3.88 Å². The van der Waals surface area contributed by atoms with Gasteiger partial charge in [0.2, 0.25) is 0 Å². The fourth-order valence-electron chi connectivity index (χ4n) is 0.426. The molecule has 0 N–H and O–H groups in total. The molecule has 0 aliphatic rings. The number of rotatable bonds is 0. The zero-order valence-electron chi connectivity index (χ0n) is 4.26. The van der Waals surface area contributed by atoms with Crippen molar-refractivity contribution in [1.29, 1.82) is 0 Å². The van der Waals surface area contributed by atoms with Crippen molar-refractivity contribution in [1.82, 2.24) is 0 Å². The second kappa shape index (κ2) is 1.73. The van der Waals surface area contributed by atoms with Gasteiger partial charge in [0, 0.05) is 12.1 Å². The van der Waals surface area contributed by atoms with Crippen molar-refractivity contribution in [2.45, 2.75) is 0 Å². The highest BCUT2D eigenvalue weighted by molar-refractivity contribution is 4.80. The van der Waals surface area contributed by atoms with Crippen LogP contribution in [0.3, 0.4) is 0 Å². The van der Waals surface area contributed by atoms with Crippen molar-refractivity contribution in [3.8, 4) is 0 Å². The molecule has 0 amide bonds. The summed E-state index contributed by atoms with van der Waals surface area (Å²) >= 11 is 0. The molecular formula is C6H7N+. The first kappa shape index (κ1) is 4.31. The average Bonchev–Trinajstić information content (AvgIpc) is 1.69. The average molecular weight is 93.1 g/mol. The van der Waals surface area contributed by atoms with Crippen LogP contribution in [-0.2, 0) is 7.05 Å². The molecular weight excluding hydrogens is 86.1 g/mol. The van der Waals surface area contributed by atoms with Crippen LogP contribution in [-0.4, -0.2) is 0 Å². The fraction of sp³-hybridized carbons (Fsp3) is 0.167. The highest BCUT2D eigenvalue weighted by atomic mass is 14.9. The van der Waals surface area contributed by atoms with Crippen molar-refractivity contribution in [2.75, 3.05) is 0 Å². The Kier molecular flexibility index (Phi) is 1.07. The predicted octanol–water partition coefficient (Wildman–Crippen LogP) is 0.311. The predicted molar refractivity (Wildman–Crippen MR) is 26.5 cm³/mol. The quantitative estimate of drug-likeness (QED) is 0.406. The van der Waals surface area contributed by atoms with Gasteiger partial charge in [-0.25, -0.2) is 4.57 Å². The first-order chi connectivity index (χ1) is 3.39. The lowest BCUT2D eigenvalue weighted by Crippen LogP contribution is -2.25. The molecule has 35 valence electrons. The molecule has 0 spiro atoms. The van der Waals surface area contributed by atoms with Crippen LogP contribution in [0.4, 0.5) is 0 Å². The van der Waals surface area contributed by atoms with Gasteiger partial charge in [0.15, 0.2) is 12.4 Å². The molecule has 1 aromatic heterocycles. The van der Waals surface area contributed by atoms with Crippen LogP contribution >= 0.6 is 0 Å². The van der Waals surface area contributed by atoms with Crippen LogP contribution in [0.25, 0.3) is 0 Å². The number of aryl methyl sites for hydroxylation is 1. The second-order valence-electron chi connectivity index (χ2n) is 1.46. The SMILES string of the molecule is C[n+]1cc[c]cc1. The Labute approximate surface area is 43.2 Å². The van der Waals surface area contributed by atoms with Crippen molar-refractivity contribution in [3.63, 3.8) is 0 Å². The van der Waals surface area contributed by atoms with E-state index in [0.717, 1.165) is 0 Å².